The Morgan fingerprint density at radius 1 is 1.10 bits per heavy atom. The summed E-state index contributed by atoms with van der Waals surface area (Å²) in [6.07, 6.45) is 0.634. The van der Waals surface area contributed by atoms with Crippen LogP contribution in [0.15, 0.2) is 4.90 Å². The van der Waals surface area contributed by atoms with Crippen LogP contribution >= 0.6 is 0 Å². The third-order valence-corrected chi connectivity index (χ3v) is 5.86. The third kappa shape index (κ3) is 1.87. The van der Waals surface area contributed by atoms with Gasteiger partial charge in [-0.1, -0.05) is 0 Å². The Bertz CT molecular complexity index is 739. The third-order valence-electron chi connectivity index (χ3n) is 3.75. The molecule has 1 aliphatic rings. The summed E-state index contributed by atoms with van der Waals surface area (Å²) >= 11 is 0. The molecule has 0 radical (unpaired) electrons. The molecule has 0 aliphatic carbocycles. The maximum atomic E-state index is 12.8. The number of hydrogen-bond donors (Lipinski definition) is 2. The molecule has 2 aromatic rings. The summed E-state index contributed by atoms with van der Waals surface area (Å²) in [5.74, 6) is 0. The van der Waals surface area contributed by atoms with Crippen LogP contribution in [-0.4, -0.2) is 39.7 Å². The van der Waals surface area contributed by atoms with E-state index in [1.807, 2.05) is 6.92 Å². The molecule has 0 spiro atoms. The quantitative estimate of drug-likeness (QED) is 0.857. The van der Waals surface area contributed by atoms with E-state index in [-0.39, 0.29) is 0 Å². The van der Waals surface area contributed by atoms with Gasteiger partial charge in [-0.25, -0.2) is 8.42 Å². The molecule has 108 valence electrons. The number of aromatic nitrogens is 4. The van der Waals surface area contributed by atoms with Crippen molar-refractivity contribution in [2.75, 3.05) is 6.54 Å². The first-order valence-corrected chi connectivity index (χ1v) is 7.89. The van der Waals surface area contributed by atoms with Gasteiger partial charge in [-0.3, -0.25) is 10.2 Å². The lowest BCUT2D eigenvalue weighted by molar-refractivity contribution is 0.388. The van der Waals surface area contributed by atoms with E-state index >= 15 is 0 Å². The Kier molecular flexibility index (Phi) is 2.94. The molecular weight excluding hydrogens is 278 g/mol. The van der Waals surface area contributed by atoms with Gasteiger partial charge >= 0.3 is 0 Å². The smallest absolute Gasteiger partial charge is 0.247 e. The average Bonchev–Trinajstić information content (AvgIpc) is 2.93. The molecule has 0 saturated carbocycles. The Morgan fingerprint density at radius 3 is 2.45 bits per heavy atom. The molecule has 3 rings (SSSR count). The fourth-order valence-electron chi connectivity index (χ4n) is 2.66. The summed E-state index contributed by atoms with van der Waals surface area (Å²) < 4.78 is 27.0. The second kappa shape index (κ2) is 4.42. The Balaban J connectivity index is 2.00. The van der Waals surface area contributed by atoms with Crippen LogP contribution in [0.5, 0.6) is 0 Å². The van der Waals surface area contributed by atoms with Crippen molar-refractivity contribution < 1.29 is 8.42 Å². The maximum Gasteiger partial charge on any atom is 0.247 e. The first kappa shape index (κ1) is 13.3. The highest BCUT2D eigenvalue weighted by Crippen LogP contribution is 2.27. The lowest BCUT2D eigenvalue weighted by atomic mass is 10.1. The minimum atomic E-state index is -3.52. The van der Waals surface area contributed by atoms with Gasteiger partial charge in [0.1, 0.15) is 4.90 Å². The van der Waals surface area contributed by atoms with Crippen LogP contribution in [0.4, 0.5) is 0 Å². The predicted octanol–water partition coefficient (Wildman–Crippen LogP) is 0.805. The van der Waals surface area contributed by atoms with Crippen LogP contribution in [0.25, 0.3) is 0 Å². The van der Waals surface area contributed by atoms with E-state index in [2.05, 4.69) is 20.4 Å². The summed E-state index contributed by atoms with van der Waals surface area (Å²) in [5, 5.41) is 13.8. The Labute approximate surface area is 117 Å². The minimum absolute atomic E-state index is 0.294. The summed E-state index contributed by atoms with van der Waals surface area (Å²) in [6.45, 7) is 6.16. The number of sulfonamides is 1. The van der Waals surface area contributed by atoms with Crippen molar-refractivity contribution in [3.63, 3.8) is 0 Å². The van der Waals surface area contributed by atoms with Crippen molar-refractivity contribution in [1.29, 1.82) is 0 Å². The number of rotatable bonds is 2. The molecule has 20 heavy (non-hydrogen) atoms. The van der Waals surface area contributed by atoms with E-state index in [0.717, 1.165) is 17.0 Å². The van der Waals surface area contributed by atoms with Gasteiger partial charge in [0.05, 0.1) is 17.1 Å². The molecule has 0 saturated heterocycles. The van der Waals surface area contributed by atoms with Gasteiger partial charge in [-0.05, 0) is 20.8 Å². The van der Waals surface area contributed by atoms with Crippen LogP contribution in [-0.2, 0) is 23.0 Å². The SMILES string of the molecule is Cc1n[nH]c(C)c1S(=O)(=O)N1CCc2n[nH]c(C)c2C1. The molecule has 7 nitrogen and oxygen atoms in total. The lowest BCUT2D eigenvalue weighted by Gasteiger charge is -2.26. The normalized spacial score (nSPS) is 16.4. The average molecular weight is 295 g/mol. The number of aryl methyl sites for hydroxylation is 3. The Morgan fingerprint density at radius 2 is 1.80 bits per heavy atom. The predicted molar refractivity (Wildman–Crippen MR) is 72.7 cm³/mol. The van der Waals surface area contributed by atoms with Crippen molar-refractivity contribution in [3.05, 3.63) is 28.3 Å². The molecule has 2 N–H and O–H groups in total. The monoisotopic (exact) mass is 295 g/mol. The lowest BCUT2D eigenvalue weighted by Crippen LogP contribution is -2.36. The van der Waals surface area contributed by atoms with Crippen molar-refractivity contribution >= 4 is 10.0 Å². The zero-order valence-corrected chi connectivity index (χ0v) is 12.5. The summed E-state index contributed by atoms with van der Waals surface area (Å²) in [4.78, 5) is 0.294. The molecule has 3 heterocycles. The van der Waals surface area contributed by atoms with Crippen molar-refractivity contribution in [1.82, 2.24) is 24.7 Å². The van der Waals surface area contributed by atoms with Gasteiger partial charge in [0.15, 0.2) is 0 Å². The van der Waals surface area contributed by atoms with E-state index < -0.39 is 10.0 Å². The second-order valence-corrected chi connectivity index (χ2v) is 7.00. The van der Waals surface area contributed by atoms with Crippen molar-refractivity contribution in [2.45, 2.75) is 38.6 Å². The summed E-state index contributed by atoms with van der Waals surface area (Å²) in [5.41, 5.74) is 3.98. The van der Waals surface area contributed by atoms with Crippen molar-refractivity contribution in [3.8, 4) is 0 Å². The van der Waals surface area contributed by atoms with Crippen LogP contribution in [0, 0.1) is 20.8 Å². The van der Waals surface area contributed by atoms with Crippen molar-refractivity contribution in [2.24, 2.45) is 0 Å². The van der Waals surface area contributed by atoms with Gasteiger partial charge < -0.3 is 0 Å². The number of nitrogens with zero attached hydrogens (tertiary/aromatic N) is 3. The molecule has 0 unspecified atom stereocenters. The van der Waals surface area contributed by atoms with Crippen LogP contribution in [0.3, 0.4) is 0 Å². The molecule has 8 heteroatoms. The molecule has 0 fully saturated rings. The van der Waals surface area contributed by atoms with Gasteiger partial charge in [0.2, 0.25) is 10.0 Å². The van der Waals surface area contributed by atoms with E-state index in [4.69, 9.17) is 0 Å². The van der Waals surface area contributed by atoms with E-state index in [0.29, 0.717) is 35.8 Å². The first-order chi connectivity index (χ1) is 9.41. The number of H-pyrrole nitrogens is 2. The van der Waals surface area contributed by atoms with Gasteiger partial charge in [0, 0.05) is 30.8 Å². The highest BCUT2D eigenvalue weighted by Gasteiger charge is 2.33. The minimum Gasteiger partial charge on any atom is -0.282 e. The summed E-state index contributed by atoms with van der Waals surface area (Å²) in [7, 11) is -3.52. The largest absolute Gasteiger partial charge is 0.282 e. The fraction of sp³-hybridized carbons (Fsp3) is 0.500. The number of hydrogen-bond acceptors (Lipinski definition) is 4. The fourth-order valence-corrected chi connectivity index (χ4v) is 4.40. The molecule has 2 aromatic heterocycles. The van der Waals surface area contributed by atoms with E-state index in [9.17, 15) is 8.42 Å². The molecule has 0 atom stereocenters. The Hall–Kier alpha value is -1.67. The van der Waals surface area contributed by atoms with E-state index in [1.165, 1.54) is 4.31 Å². The highest BCUT2D eigenvalue weighted by atomic mass is 32.2. The van der Waals surface area contributed by atoms with Gasteiger partial charge in [-0.15, -0.1) is 0 Å². The molecule has 0 bridgehead atoms. The number of fused-ring (bicyclic) bond motifs is 1. The second-order valence-electron chi connectivity index (χ2n) is 5.13. The zero-order valence-electron chi connectivity index (χ0n) is 11.7. The molecule has 0 aromatic carbocycles. The molecule has 0 amide bonds. The zero-order chi connectivity index (χ0) is 14.5. The van der Waals surface area contributed by atoms with Crippen LogP contribution in [0.1, 0.15) is 28.3 Å². The number of nitrogens with one attached hydrogen (secondary N) is 2. The number of aromatic amines is 2. The van der Waals surface area contributed by atoms with Crippen LogP contribution in [0.2, 0.25) is 0 Å². The van der Waals surface area contributed by atoms with Crippen LogP contribution < -0.4 is 0 Å². The van der Waals surface area contributed by atoms with E-state index in [1.54, 1.807) is 13.8 Å². The molecule has 1 aliphatic heterocycles. The van der Waals surface area contributed by atoms with Gasteiger partial charge in [-0.2, -0.15) is 14.5 Å². The maximum absolute atomic E-state index is 12.8. The standard InChI is InChI=1S/C12H17N5O2S/c1-7-10-6-17(5-4-11(10)16-13-7)20(18,19)12-8(2)14-15-9(12)3/h4-6H2,1-3H3,(H,13,16)(H,14,15). The first-order valence-electron chi connectivity index (χ1n) is 6.45. The topological polar surface area (TPSA) is 94.7 Å². The van der Waals surface area contributed by atoms with Gasteiger partial charge in [0.25, 0.3) is 0 Å². The summed E-state index contributed by atoms with van der Waals surface area (Å²) in [6, 6.07) is 0. The highest BCUT2D eigenvalue weighted by molar-refractivity contribution is 7.89. The molecular formula is C12H17N5O2S.